The number of hydrogen-bond donors (Lipinski definition) is 2. The van der Waals surface area contributed by atoms with Gasteiger partial charge in [-0.15, -0.1) is 0 Å². The Labute approximate surface area is 127 Å². The normalized spacial score (nSPS) is 37.1. The van der Waals surface area contributed by atoms with Gasteiger partial charge >= 0.3 is 12.0 Å². The standard InChI is InChI=1S/C16H28N2O3/c1-10-7-8-18(14(9-10)15(19)20)16(21)17-13-6-4-5-11(2)12(13)3/h10-14H,4-9H2,1-3H3,(H,17,21)(H,19,20). The molecule has 0 spiro atoms. The second kappa shape index (κ2) is 6.67. The molecule has 2 rings (SSSR count). The van der Waals surface area contributed by atoms with E-state index < -0.39 is 12.0 Å². The number of carbonyl (C=O) groups is 2. The van der Waals surface area contributed by atoms with Crippen molar-refractivity contribution >= 4 is 12.0 Å². The van der Waals surface area contributed by atoms with Crippen LogP contribution in [0.15, 0.2) is 0 Å². The van der Waals surface area contributed by atoms with E-state index >= 15 is 0 Å². The number of hydrogen-bond acceptors (Lipinski definition) is 2. The fourth-order valence-corrected chi connectivity index (χ4v) is 3.65. The Morgan fingerprint density at radius 2 is 1.86 bits per heavy atom. The monoisotopic (exact) mass is 296 g/mol. The quantitative estimate of drug-likeness (QED) is 0.823. The number of amides is 2. The number of aliphatic carboxylic acids is 1. The van der Waals surface area contributed by atoms with Crippen molar-refractivity contribution in [3.8, 4) is 0 Å². The Kier molecular flexibility index (Phi) is 5.12. The van der Waals surface area contributed by atoms with Crippen molar-refractivity contribution in [2.45, 2.75) is 65.0 Å². The third kappa shape index (κ3) is 3.69. The average Bonchev–Trinajstić information content (AvgIpc) is 2.43. The summed E-state index contributed by atoms with van der Waals surface area (Å²) in [5.41, 5.74) is 0. The lowest BCUT2D eigenvalue weighted by atomic mass is 9.78. The van der Waals surface area contributed by atoms with Gasteiger partial charge < -0.3 is 15.3 Å². The second-order valence-corrected chi connectivity index (χ2v) is 7.00. The topological polar surface area (TPSA) is 69.6 Å². The molecule has 120 valence electrons. The lowest BCUT2D eigenvalue weighted by Crippen LogP contribution is -2.56. The minimum absolute atomic E-state index is 0.176. The molecule has 0 aromatic heterocycles. The molecule has 2 amide bonds. The summed E-state index contributed by atoms with van der Waals surface area (Å²) in [5.74, 6) is 0.543. The molecule has 0 bridgehead atoms. The number of piperidine rings is 1. The van der Waals surface area contributed by atoms with Crippen LogP contribution in [0.2, 0.25) is 0 Å². The molecule has 5 heteroatoms. The molecule has 2 fully saturated rings. The van der Waals surface area contributed by atoms with Crippen molar-refractivity contribution < 1.29 is 14.7 Å². The molecule has 2 N–H and O–H groups in total. The Morgan fingerprint density at radius 1 is 1.14 bits per heavy atom. The number of carboxylic acids is 1. The van der Waals surface area contributed by atoms with E-state index in [2.05, 4.69) is 26.1 Å². The van der Waals surface area contributed by atoms with Gasteiger partial charge in [-0.05, 0) is 37.0 Å². The maximum absolute atomic E-state index is 12.5. The van der Waals surface area contributed by atoms with Crippen molar-refractivity contribution in [1.29, 1.82) is 0 Å². The van der Waals surface area contributed by atoms with Crippen LogP contribution in [0.3, 0.4) is 0 Å². The number of carboxylic acid groups (broad SMARTS) is 1. The van der Waals surface area contributed by atoms with Gasteiger partial charge in [0, 0.05) is 12.6 Å². The van der Waals surface area contributed by atoms with E-state index in [9.17, 15) is 14.7 Å². The van der Waals surface area contributed by atoms with Crippen LogP contribution < -0.4 is 5.32 Å². The molecular weight excluding hydrogens is 268 g/mol. The van der Waals surface area contributed by atoms with Crippen LogP contribution in [-0.2, 0) is 4.79 Å². The van der Waals surface area contributed by atoms with Gasteiger partial charge in [0.2, 0.25) is 0 Å². The minimum Gasteiger partial charge on any atom is -0.480 e. The predicted octanol–water partition coefficient (Wildman–Crippen LogP) is 2.71. The van der Waals surface area contributed by atoms with Crippen LogP contribution in [-0.4, -0.2) is 40.6 Å². The first-order valence-corrected chi connectivity index (χ1v) is 8.20. The summed E-state index contributed by atoms with van der Waals surface area (Å²) in [4.78, 5) is 25.4. The van der Waals surface area contributed by atoms with Gasteiger partial charge in [0.25, 0.3) is 0 Å². The fourth-order valence-electron chi connectivity index (χ4n) is 3.65. The predicted molar refractivity (Wildman–Crippen MR) is 81.0 cm³/mol. The number of urea groups is 1. The molecule has 1 aliphatic carbocycles. The lowest BCUT2D eigenvalue weighted by Gasteiger charge is -2.39. The number of likely N-dealkylation sites (tertiary alicyclic amines) is 1. The maximum Gasteiger partial charge on any atom is 0.326 e. The third-order valence-corrected chi connectivity index (χ3v) is 5.43. The summed E-state index contributed by atoms with van der Waals surface area (Å²) < 4.78 is 0. The molecule has 0 aromatic carbocycles. The zero-order valence-electron chi connectivity index (χ0n) is 13.3. The average molecular weight is 296 g/mol. The van der Waals surface area contributed by atoms with Crippen molar-refractivity contribution in [3.05, 3.63) is 0 Å². The second-order valence-electron chi connectivity index (χ2n) is 7.00. The first kappa shape index (κ1) is 16.1. The Hall–Kier alpha value is -1.26. The largest absolute Gasteiger partial charge is 0.480 e. The number of rotatable bonds is 2. The summed E-state index contributed by atoms with van der Waals surface area (Å²) in [5, 5.41) is 12.4. The molecule has 2 aliphatic rings. The number of nitrogens with zero attached hydrogens (tertiary/aromatic N) is 1. The third-order valence-electron chi connectivity index (χ3n) is 5.43. The fraction of sp³-hybridized carbons (Fsp3) is 0.875. The van der Waals surface area contributed by atoms with E-state index in [0.29, 0.717) is 30.7 Å². The van der Waals surface area contributed by atoms with Gasteiger partial charge in [-0.3, -0.25) is 0 Å². The highest BCUT2D eigenvalue weighted by Crippen LogP contribution is 2.30. The summed E-state index contributed by atoms with van der Waals surface area (Å²) in [7, 11) is 0. The molecule has 5 unspecified atom stereocenters. The Bertz CT molecular complexity index is 399. The molecule has 1 saturated heterocycles. The van der Waals surface area contributed by atoms with Crippen molar-refractivity contribution in [2.24, 2.45) is 17.8 Å². The molecule has 1 saturated carbocycles. The molecule has 0 aromatic rings. The zero-order chi connectivity index (χ0) is 15.6. The highest BCUT2D eigenvalue weighted by atomic mass is 16.4. The van der Waals surface area contributed by atoms with E-state index in [0.717, 1.165) is 19.3 Å². The zero-order valence-corrected chi connectivity index (χ0v) is 13.3. The smallest absolute Gasteiger partial charge is 0.326 e. The first-order valence-electron chi connectivity index (χ1n) is 8.20. The maximum atomic E-state index is 12.5. The lowest BCUT2D eigenvalue weighted by molar-refractivity contribution is -0.143. The van der Waals surface area contributed by atoms with Gasteiger partial charge in [-0.1, -0.05) is 33.6 Å². The molecule has 5 nitrogen and oxygen atoms in total. The molecule has 21 heavy (non-hydrogen) atoms. The van der Waals surface area contributed by atoms with Crippen molar-refractivity contribution in [2.75, 3.05) is 6.54 Å². The molecule has 1 aliphatic heterocycles. The summed E-state index contributed by atoms with van der Waals surface area (Å²) in [6.07, 6.45) is 4.79. The van der Waals surface area contributed by atoms with Gasteiger partial charge in [-0.25, -0.2) is 9.59 Å². The van der Waals surface area contributed by atoms with Crippen LogP contribution in [0, 0.1) is 17.8 Å². The molecular formula is C16H28N2O3. The summed E-state index contributed by atoms with van der Waals surface area (Å²) in [6, 6.07) is -0.694. The van der Waals surface area contributed by atoms with Gasteiger partial charge in [0.1, 0.15) is 6.04 Å². The summed E-state index contributed by atoms with van der Waals surface area (Å²) >= 11 is 0. The Balaban J connectivity index is 1.99. The molecule has 0 radical (unpaired) electrons. The van der Waals surface area contributed by atoms with Crippen LogP contribution in [0.4, 0.5) is 4.79 Å². The molecule has 1 heterocycles. The minimum atomic E-state index is -0.887. The first-order chi connectivity index (χ1) is 9.90. The van der Waals surface area contributed by atoms with Gasteiger partial charge in [-0.2, -0.15) is 0 Å². The number of nitrogens with one attached hydrogen (secondary N) is 1. The van der Waals surface area contributed by atoms with E-state index in [1.54, 1.807) is 0 Å². The molecule has 5 atom stereocenters. The van der Waals surface area contributed by atoms with Crippen LogP contribution in [0.5, 0.6) is 0 Å². The van der Waals surface area contributed by atoms with Crippen LogP contribution in [0.1, 0.15) is 52.9 Å². The highest BCUT2D eigenvalue weighted by molar-refractivity contribution is 5.83. The Morgan fingerprint density at radius 3 is 2.52 bits per heavy atom. The van der Waals surface area contributed by atoms with E-state index in [-0.39, 0.29) is 12.1 Å². The number of carbonyl (C=O) groups excluding carboxylic acids is 1. The van der Waals surface area contributed by atoms with Crippen molar-refractivity contribution in [1.82, 2.24) is 10.2 Å². The van der Waals surface area contributed by atoms with E-state index in [4.69, 9.17) is 0 Å². The van der Waals surface area contributed by atoms with Gasteiger partial charge in [0.05, 0.1) is 0 Å². The van der Waals surface area contributed by atoms with Crippen LogP contribution >= 0.6 is 0 Å². The van der Waals surface area contributed by atoms with Crippen LogP contribution in [0.25, 0.3) is 0 Å². The van der Waals surface area contributed by atoms with E-state index in [1.807, 2.05) is 0 Å². The SMILES string of the molecule is CC1CCN(C(=O)NC2CCCC(C)C2C)C(C(=O)O)C1. The highest BCUT2D eigenvalue weighted by Gasteiger charge is 2.36. The van der Waals surface area contributed by atoms with Crippen molar-refractivity contribution in [3.63, 3.8) is 0 Å². The van der Waals surface area contributed by atoms with E-state index in [1.165, 1.54) is 11.3 Å². The summed E-state index contributed by atoms with van der Waals surface area (Å²) in [6.45, 7) is 7.00. The van der Waals surface area contributed by atoms with Gasteiger partial charge in [0.15, 0.2) is 0 Å².